The molecule has 1 heteroatoms. The van der Waals surface area contributed by atoms with E-state index in [0.29, 0.717) is 11.8 Å². The van der Waals surface area contributed by atoms with E-state index in [-0.39, 0.29) is 12.0 Å². The van der Waals surface area contributed by atoms with Gasteiger partial charge in [-0.3, -0.25) is 0 Å². The van der Waals surface area contributed by atoms with Gasteiger partial charge in [0.05, 0.1) is 6.04 Å². The summed E-state index contributed by atoms with van der Waals surface area (Å²) in [6.45, 7) is 2.32. The van der Waals surface area contributed by atoms with Crippen LogP contribution in [0.4, 0.5) is 11.4 Å². The molecular weight excluding hydrogens is 771 g/mol. The zero-order chi connectivity index (χ0) is 43.1. The van der Waals surface area contributed by atoms with Gasteiger partial charge in [-0.05, 0) is 117 Å². The van der Waals surface area contributed by atoms with E-state index in [1.54, 1.807) is 0 Å². The van der Waals surface area contributed by atoms with Crippen molar-refractivity contribution in [1.82, 2.24) is 0 Å². The normalized spacial score (nSPS) is 18.5. The largest absolute Gasteiger partial charge is 0.334 e. The third-order valence-corrected chi connectivity index (χ3v) is 13.5. The lowest BCUT2D eigenvalue weighted by atomic mass is 9.82. The average Bonchev–Trinajstić information content (AvgIpc) is 3.38. The molecular formula is C63H55N. The Hall–Kier alpha value is -7.22. The quantitative estimate of drug-likeness (QED) is 0.119. The van der Waals surface area contributed by atoms with Gasteiger partial charge in [-0.1, -0.05) is 231 Å². The van der Waals surface area contributed by atoms with Crippen LogP contribution >= 0.6 is 0 Å². The topological polar surface area (TPSA) is 3.24 Å². The zero-order valence-electron chi connectivity index (χ0n) is 36.7. The van der Waals surface area contributed by atoms with Crippen molar-refractivity contribution in [3.05, 3.63) is 276 Å². The van der Waals surface area contributed by atoms with Crippen LogP contribution in [-0.4, -0.2) is 6.04 Å². The molecule has 0 aromatic heterocycles. The molecule has 0 radical (unpaired) electrons. The van der Waals surface area contributed by atoms with Crippen molar-refractivity contribution < 1.29 is 0 Å². The third-order valence-electron chi connectivity index (χ3n) is 13.5. The maximum atomic E-state index is 2.51. The Morgan fingerprint density at radius 1 is 0.484 bits per heavy atom. The molecule has 0 N–H and O–H groups in total. The fourth-order valence-electron chi connectivity index (χ4n) is 9.81. The molecule has 10 rings (SSSR count). The molecule has 7 aromatic carbocycles. The van der Waals surface area contributed by atoms with Crippen LogP contribution in [0.15, 0.2) is 248 Å². The predicted octanol–water partition coefficient (Wildman–Crippen LogP) is 16.7. The fourth-order valence-corrected chi connectivity index (χ4v) is 9.81. The molecule has 0 spiro atoms. The Labute approximate surface area is 380 Å². The minimum absolute atomic E-state index is 0.191. The van der Waals surface area contributed by atoms with Gasteiger partial charge in [0.15, 0.2) is 0 Å². The van der Waals surface area contributed by atoms with Gasteiger partial charge in [0.1, 0.15) is 0 Å². The first-order valence-corrected chi connectivity index (χ1v) is 23.1. The maximum Gasteiger partial charge on any atom is 0.0560 e. The number of hydrogen-bond donors (Lipinski definition) is 0. The molecule has 0 fully saturated rings. The standard InChI is InChI=1S/C63H55N/c1-46-13-11-12-20-62(46)56-37-43-61(44-38-56)64(59-39-33-54(34-40-59)50-18-9-4-10-19-50)60-41-35-55(36-42-60)53-27-31-58(32-28-53)63(57-29-25-52(26-30-57)49-16-7-3-8-17-49)45-47-21-23-51(24-22-47)48-14-5-2-6-15-48/h2-12,14-23,25-39,41-44,46,51,59,63H,13,24,40,45H2,1H3. The lowest BCUT2D eigenvalue weighted by Crippen LogP contribution is -2.30. The van der Waals surface area contributed by atoms with Crippen LogP contribution < -0.4 is 4.90 Å². The fraction of sp³-hybridized carbons (Fsp3) is 0.143. The molecule has 0 saturated carbocycles. The van der Waals surface area contributed by atoms with E-state index in [1.165, 1.54) is 78.2 Å². The molecule has 4 unspecified atom stereocenters. The lowest BCUT2D eigenvalue weighted by molar-refractivity contribution is 0.758. The molecule has 0 saturated heterocycles. The predicted molar refractivity (Wildman–Crippen MR) is 273 cm³/mol. The molecule has 3 aliphatic carbocycles. The van der Waals surface area contributed by atoms with Gasteiger partial charge in [0, 0.05) is 23.2 Å². The molecule has 0 heterocycles. The average molecular weight is 826 g/mol. The maximum absolute atomic E-state index is 2.51. The van der Waals surface area contributed by atoms with Gasteiger partial charge in [-0.15, -0.1) is 0 Å². The first kappa shape index (κ1) is 40.8. The number of nitrogens with zero attached hydrogens (tertiary/aromatic N) is 1. The number of hydrogen-bond acceptors (Lipinski definition) is 1. The monoisotopic (exact) mass is 825 g/mol. The van der Waals surface area contributed by atoms with Gasteiger partial charge < -0.3 is 4.90 Å². The van der Waals surface area contributed by atoms with E-state index in [1.807, 2.05) is 0 Å². The second-order valence-corrected chi connectivity index (χ2v) is 17.6. The minimum Gasteiger partial charge on any atom is -0.334 e. The highest BCUT2D eigenvalue weighted by Crippen LogP contribution is 2.39. The van der Waals surface area contributed by atoms with Crippen molar-refractivity contribution in [1.29, 1.82) is 0 Å². The van der Waals surface area contributed by atoms with E-state index in [4.69, 9.17) is 0 Å². The second kappa shape index (κ2) is 19.0. The Bertz CT molecular complexity index is 2840. The molecule has 3 aliphatic rings. The molecule has 312 valence electrons. The Morgan fingerprint density at radius 3 is 1.55 bits per heavy atom. The summed E-state index contributed by atoms with van der Waals surface area (Å²) in [5.74, 6) is 1.19. The van der Waals surface area contributed by atoms with Gasteiger partial charge in [0.25, 0.3) is 0 Å². The zero-order valence-corrected chi connectivity index (χ0v) is 36.7. The van der Waals surface area contributed by atoms with Crippen molar-refractivity contribution >= 4 is 22.5 Å². The van der Waals surface area contributed by atoms with Crippen LogP contribution in [0.2, 0.25) is 0 Å². The summed E-state index contributed by atoms with van der Waals surface area (Å²) in [4.78, 5) is 2.51. The third kappa shape index (κ3) is 9.12. The summed E-state index contributed by atoms with van der Waals surface area (Å²) in [6.07, 6.45) is 25.1. The summed E-state index contributed by atoms with van der Waals surface area (Å²) < 4.78 is 0. The highest BCUT2D eigenvalue weighted by Gasteiger charge is 2.23. The van der Waals surface area contributed by atoms with Crippen molar-refractivity contribution in [3.8, 4) is 22.3 Å². The first-order valence-electron chi connectivity index (χ1n) is 23.1. The van der Waals surface area contributed by atoms with E-state index in [2.05, 4.69) is 255 Å². The van der Waals surface area contributed by atoms with Crippen LogP contribution in [0.3, 0.4) is 0 Å². The van der Waals surface area contributed by atoms with Crippen molar-refractivity contribution in [3.63, 3.8) is 0 Å². The lowest BCUT2D eigenvalue weighted by Gasteiger charge is -2.33. The van der Waals surface area contributed by atoms with E-state index >= 15 is 0 Å². The number of allylic oxidation sites excluding steroid dienone is 10. The van der Waals surface area contributed by atoms with Crippen LogP contribution in [0.1, 0.15) is 72.3 Å². The van der Waals surface area contributed by atoms with Crippen molar-refractivity contribution in [2.75, 3.05) is 4.90 Å². The summed E-state index contributed by atoms with van der Waals surface area (Å²) in [6, 6.07) is 69.5. The minimum atomic E-state index is 0.191. The Morgan fingerprint density at radius 2 is 1.02 bits per heavy atom. The smallest absolute Gasteiger partial charge is 0.0560 e. The molecule has 4 atom stereocenters. The summed E-state index contributed by atoms with van der Waals surface area (Å²) in [5.41, 5.74) is 18.1. The van der Waals surface area contributed by atoms with Crippen LogP contribution in [0, 0.1) is 5.92 Å². The molecule has 64 heavy (non-hydrogen) atoms. The van der Waals surface area contributed by atoms with E-state index in [9.17, 15) is 0 Å². The summed E-state index contributed by atoms with van der Waals surface area (Å²) in [7, 11) is 0. The summed E-state index contributed by atoms with van der Waals surface area (Å²) in [5, 5.41) is 0. The van der Waals surface area contributed by atoms with Gasteiger partial charge in [-0.2, -0.15) is 0 Å². The van der Waals surface area contributed by atoms with Gasteiger partial charge in [-0.25, -0.2) is 0 Å². The van der Waals surface area contributed by atoms with Crippen LogP contribution in [0.5, 0.6) is 0 Å². The number of anilines is 2. The van der Waals surface area contributed by atoms with Crippen molar-refractivity contribution in [2.24, 2.45) is 5.92 Å². The van der Waals surface area contributed by atoms with Crippen molar-refractivity contribution in [2.45, 2.75) is 50.5 Å². The Balaban J connectivity index is 0.916. The van der Waals surface area contributed by atoms with Gasteiger partial charge >= 0.3 is 0 Å². The summed E-state index contributed by atoms with van der Waals surface area (Å²) >= 11 is 0. The van der Waals surface area contributed by atoms with Crippen LogP contribution in [-0.2, 0) is 0 Å². The highest BCUT2D eigenvalue weighted by molar-refractivity contribution is 5.78. The number of benzene rings is 7. The van der Waals surface area contributed by atoms with E-state index < -0.39 is 0 Å². The molecule has 0 aliphatic heterocycles. The SMILES string of the molecule is CC1CC=CC=C1c1ccc(N(c2ccc(-c3ccc(C(CC4=CCC(c5ccccc5)C=C4)c4ccc(-c5ccccc5)cc4)cc3)cc2)C2C=CC(c3ccccc3)=CC2)cc1. The molecule has 7 aromatic rings. The van der Waals surface area contributed by atoms with Crippen LogP contribution in [0.25, 0.3) is 33.4 Å². The first-order chi connectivity index (χ1) is 31.6. The van der Waals surface area contributed by atoms with Gasteiger partial charge in [0.2, 0.25) is 0 Å². The number of rotatable bonds is 12. The molecule has 0 amide bonds. The molecule has 1 nitrogen and oxygen atoms in total. The Kier molecular flexibility index (Phi) is 12.1. The highest BCUT2D eigenvalue weighted by atomic mass is 15.2. The molecule has 0 bridgehead atoms. The second-order valence-electron chi connectivity index (χ2n) is 17.6. The van der Waals surface area contributed by atoms with E-state index in [0.717, 1.165) is 25.7 Å².